The molecule has 0 spiro atoms. The standard InChI is InChI=1S/C7H8N2O2.C2H7O5P/c8-9-6-4-2-1-3-5(6)7(10)11;3-1-2-7-8(4,5)6/h1-4,9H,8H2,(H,10,11);3H,1-2H2,(H2,4,5,6). The van der Waals surface area contributed by atoms with Gasteiger partial charge in [-0.3, -0.25) is 10.4 Å². The molecule has 0 unspecified atom stereocenters. The molecule has 10 heteroatoms. The van der Waals surface area contributed by atoms with Crippen molar-refractivity contribution in [1.82, 2.24) is 0 Å². The number of aliphatic hydroxyl groups excluding tert-OH is 1. The number of hydrogen-bond donors (Lipinski definition) is 6. The van der Waals surface area contributed by atoms with E-state index in [4.69, 9.17) is 25.8 Å². The number of nitrogens with one attached hydrogen (secondary N) is 1. The van der Waals surface area contributed by atoms with Crippen LogP contribution in [-0.4, -0.2) is 39.2 Å². The van der Waals surface area contributed by atoms with Gasteiger partial charge in [0, 0.05) is 0 Å². The Kier molecular flexibility index (Phi) is 7.92. The lowest BCUT2D eigenvalue weighted by Crippen LogP contribution is -2.11. The van der Waals surface area contributed by atoms with Gasteiger partial charge in [0.2, 0.25) is 0 Å². The second-order valence-electron chi connectivity index (χ2n) is 3.04. The van der Waals surface area contributed by atoms with E-state index in [0.717, 1.165) is 0 Å². The summed E-state index contributed by atoms with van der Waals surface area (Å²) in [7, 11) is -4.34. The second kappa shape index (κ2) is 8.59. The molecule has 0 heterocycles. The largest absolute Gasteiger partial charge is 0.478 e. The highest BCUT2D eigenvalue weighted by Gasteiger charge is 2.11. The summed E-state index contributed by atoms with van der Waals surface area (Å²) < 4.78 is 13.5. The Hall–Kier alpha value is -1.48. The molecule has 0 aliphatic carbocycles. The number of carboxylic acid groups (broad SMARTS) is 1. The van der Waals surface area contributed by atoms with Gasteiger partial charge in [-0.25, -0.2) is 9.36 Å². The van der Waals surface area contributed by atoms with Crippen LogP contribution in [0.4, 0.5) is 5.69 Å². The molecule has 1 aromatic rings. The summed E-state index contributed by atoms with van der Waals surface area (Å²) in [5.74, 6) is 4.09. The molecule has 1 aromatic carbocycles. The third kappa shape index (κ3) is 8.27. The number of hydrogen-bond acceptors (Lipinski definition) is 6. The van der Waals surface area contributed by atoms with E-state index in [2.05, 4.69) is 9.95 Å². The van der Waals surface area contributed by atoms with Crippen molar-refractivity contribution in [1.29, 1.82) is 0 Å². The number of benzene rings is 1. The van der Waals surface area contributed by atoms with Crippen LogP contribution >= 0.6 is 7.82 Å². The summed E-state index contributed by atoms with van der Waals surface area (Å²) in [5, 5.41) is 16.6. The molecule has 1 rings (SSSR count). The number of carboxylic acids is 1. The molecule has 0 bridgehead atoms. The summed E-state index contributed by atoms with van der Waals surface area (Å²) in [5.41, 5.74) is 2.89. The molecular formula is C9H15N2O7P. The first-order valence-electron chi connectivity index (χ1n) is 4.91. The van der Waals surface area contributed by atoms with E-state index in [0.29, 0.717) is 5.69 Å². The first-order valence-corrected chi connectivity index (χ1v) is 6.44. The molecule has 0 saturated carbocycles. The van der Waals surface area contributed by atoms with Crippen LogP contribution in [0.25, 0.3) is 0 Å². The highest BCUT2D eigenvalue weighted by molar-refractivity contribution is 7.46. The smallest absolute Gasteiger partial charge is 0.469 e. The van der Waals surface area contributed by atoms with Gasteiger partial charge in [0.25, 0.3) is 0 Å². The summed E-state index contributed by atoms with van der Waals surface area (Å²) >= 11 is 0. The van der Waals surface area contributed by atoms with Crippen LogP contribution < -0.4 is 11.3 Å². The molecule has 7 N–H and O–H groups in total. The van der Waals surface area contributed by atoms with Gasteiger partial charge in [0.1, 0.15) is 0 Å². The fourth-order valence-electron chi connectivity index (χ4n) is 0.955. The Labute approximate surface area is 108 Å². The summed E-state index contributed by atoms with van der Waals surface area (Å²) in [6.07, 6.45) is 0. The van der Waals surface area contributed by atoms with Crippen LogP contribution in [0.5, 0.6) is 0 Å². The number of phosphoric acid groups is 1. The fraction of sp³-hybridized carbons (Fsp3) is 0.222. The van der Waals surface area contributed by atoms with Crippen LogP contribution in [0.2, 0.25) is 0 Å². The lowest BCUT2D eigenvalue weighted by Gasteiger charge is -2.02. The maximum Gasteiger partial charge on any atom is 0.469 e. The van der Waals surface area contributed by atoms with E-state index in [9.17, 15) is 9.36 Å². The van der Waals surface area contributed by atoms with Crippen molar-refractivity contribution in [3.8, 4) is 0 Å². The molecule has 0 fully saturated rings. The SMILES string of the molecule is NNc1ccccc1C(=O)O.O=P(O)(O)OCCO. The zero-order valence-corrected chi connectivity index (χ0v) is 10.7. The summed E-state index contributed by atoms with van der Waals surface area (Å²) in [6.45, 7) is -0.713. The van der Waals surface area contributed by atoms with Crippen LogP contribution in [0.15, 0.2) is 24.3 Å². The van der Waals surface area contributed by atoms with Crippen LogP contribution in [0.1, 0.15) is 10.4 Å². The minimum atomic E-state index is -4.34. The number of para-hydroxylation sites is 1. The van der Waals surface area contributed by atoms with Gasteiger partial charge >= 0.3 is 13.8 Å². The monoisotopic (exact) mass is 294 g/mol. The fourth-order valence-corrected chi connectivity index (χ4v) is 1.27. The zero-order valence-electron chi connectivity index (χ0n) is 9.76. The Bertz CT molecular complexity index is 448. The number of aliphatic hydroxyl groups is 1. The van der Waals surface area contributed by atoms with Crippen molar-refractivity contribution in [2.75, 3.05) is 18.6 Å². The minimum Gasteiger partial charge on any atom is -0.478 e. The maximum absolute atomic E-state index is 10.5. The average molecular weight is 294 g/mol. The van der Waals surface area contributed by atoms with E-state index in [1.807, 2.05) is 0 Å². The molecular weight excluding hydrogens is 279 g/mol. The molecule has 19 heavy (non-hydrogen) atoms. The van der Waals surface area contributed by atoms with Crippen LogP contribution in [0.3, 0.4) is 0 Å². The normalized spacial score (nSPS) is 10.3. The van der Waals surface area contributed by atoms with Crippen molar-refractivity contribution in [3.63, 3.8) is 0 Å². The van der Waals surface area contributed by atoms with E-state index < -0.39 is 13.8 Å². The molecule has 108 valence electrons. The van der Waals surface area contributed by atoms with Crippen molar-refractivity contribution in [2.24, 2.45) is 5.84 Å². The molecule has 0 amide bonds. The minimum absolute atomic E-state index is 0.176. The lowest BCUT2D eigenvalue weighted by molar-refractivity contribution is 0.0698. The number of rotatable bonds is 5. The topological polar surface area (TPSA) is 162 Å². The van der Waals surface area contributed by atoms with E-state index in [1.165, 1.54) is 6.07 Å². The van der Waals surface area contributed by atoms with Crippen LogP contribution in [-0.2, 0) is 9.09 Å². The first kappa shape index (κ1) is 17.5. The third-order valence-electron chi connectivity index (χ3n) is 1.66. The average Bonchev–Trinajstić information content (AvgIpc) is 2.36. The highest BCUT2D eigenvalue weighted by Crippen LogP contribution is 2.34. The van der Waals surface area contributed by atoms with Crippen molar-refractivity contribution < 1.29 is 33.9 Å². The molecule has 0 saturated heterocycles. The Balaban J connectivity index is 0.000000362. The summed E-state index contributed by atoms with van der Waals surface area (Å²) in [6, 6.07) is 6.44. The molecule has 0 radical (unpaired) electrons. The van der Waals surface area contributed by atoms with Gasteiger partial charge in [0.05, 0.1) is 24.5 Å². The zero-order chi connectivity index (χ0) is 14.9. The molecule has 9 nitrogen and oxygen atoms in total. The van der Waals surface area contributed by atoms with E-state index >= 15 is 0 Å². The number of hydrazine groups is 1. The van der Waals surface area contributed by atoms with Crippen molar-refractivity contribution in [3.05, 3.63) is 29.8 Å². The third-order valence-corrected chi connectivity index (χ3v) is 2.18. The molecule has 0 aromatic heterocycles. The van der Waals surface area contributed by atoms with Crippen molar-refractivity contribution in [2.45, 2.75) is 0 Å². The Morgan fingerprint density at radius 3 is 2.26 bits per heavy atom. The summed E-state index contributed by atoms with van der Waals surface area (Å²) in [4.78, 5) is 26.3. The van der Waals surface area contributed by atoms with Crippen molar-refractivity contribution >= 4 is 19.5 Å². The predicted molar refractivity (Wildman–Crippen MR) is 66.3 cm³/mol. The molecule has 0 aliphatic rings. The number of carbonyl (C=O) groups is 1. The molecule has 0 aliphatic heterocycles. The first-order chi connectivity index (χ1) is 8.81. The van der Waals surface area contributed by atoms with Gasteiger partial charge < -0.3 is 25.4 Å². The second-order valence-corrected chi connectivity index (χ2v) is 4.28. The number of aromatic carboxylic acids is 1. The number of phosphoric ester groups is 1. The Morgan fingerprint density at radius 2 is 1.95 bits per heavy atom. The van der Waals surface area contributed by atoms with Gasteiger partial charge in [-0.2, -0.15) is 0 Å². The number of nitrogen functional groups attached to an aromatic ring is 1. The lowest BCUT2D eigenvalue weighted by atomic mass is 10.2. The van der Waals surface area contributed by atoms with E-state index in [-0.39, 0.29) is 18.8 Å². The van der Waals surface area contributed by atoms with Gasteiger partial charge in [-0.1, -0.05) is 12.1 Å². The maximum atomic E-state index is 10.5. The number of anilines is 1. The van der Waals surface area contributed by atoms with Crippen LogP contribution in [0, 0.1) is 0 Å². The molecule has 0 atom stereocenters. The van der Waals surface area contributed by atoms with Gasteiger partial charge in [-0.05, 0) is 12.1 Å². The predicted octanol–water partition coefficient (Wildman–Crippen LogP) is -0.242. The highest BCUT2D eigenvalue weighted by atomic mass is 31.2. The van der Waals surface area contributed by atoms with Gasteiger partial charge in [0.15, 0.2) is 0 Å². The quantitative estimate of drug-likeness (QED) is 0.244. The Morgan fingerprint density at radius 1 is 1.37 bits per heavy atom. The van der Waals surface area contributed by atoms with E-state index in [1.54, 1.807) is 18.2 Å². The van der Waals surface area contributed by atoms with Gasteiger partial charge in [-0.15, -0.1) is 0 Å². The number of nitrogens with two attached hydrogens (primary N) is 1.